The molecule has 18 heavy (non-hydrogen) atoms. The van der Waals surface area contributed by atoms with Crippen LogP contribution in [0.15, 0.2) is 33.6 Å². The predicted molar refractivity (Wildman–Crippen MR) is 84.3 cm³/mol. The van der Waals surface area contributed by atoms with Crippen LogP contribution < -0.4 is 5.32 Å². The molecule has 1 aliphatic rings. The van der Waals surface area contributed by atoms with Gasteiger partial charge in [0, 0.05) is 21.2 Å². The van der Waals surface area contributed by atoms with Gasteiger partial charge >= 0.3 is 0 Å². The molecular formula is C15H22BrNS. The van der Waals surface area contributed by atoms with Crippen molar-refractivity contribution >= 4 is 27.7 Å². The fourth-order valence-corrected chi connectivity index (χ4v) is 3.65. The summed E-state index contributed by atoms with van der Waals surface area (Å²) in [6, 6.07) is 9.28. The molecule has 1 N–H and O–H groups in total. The molecule has 0 amide bonds. The molecule has 1 saturated carbocycles. The van der Waals surface area contributed by atoms with Crippen molar-refractivity contribution in [2.45, 2.75) is 43.5 Å². The summed E-state index contributed by atoms with van der Waals surface area (Å²) in [5, 5.41) is 3.69. The topological polar surface area (TPSA) is 12.0 Å². The third-order valence-corrected chi connectivity index (χ3v) is 4.89. The highest BCUT2D eigenvalue weighted by atomic mass is 79.9. The Kier molecular flexibility index (Phi) is 6.06. The van der Waals surface area contributed by atoms with Gasteiger partial charge in [-0.3, -0.25) is 0 Å². The van der Waals surface area contributed by atoms with Crippen molar-refractivity contribution in [3.63, 3.8) is 0 Å². The number of halogens is 1. The number of rotatable bonds is 8. The van der Waals surface area contributed by atoms with E-state index in [0.29, 0.717) is 6.04 Å². The minimum absolute atomic E-state index is 0.682. The summed E-state index contributed by atoms with van der Waals surface area (Å²) in [6.45, 7) is 3.39. The number of hydrogen-bond acceptors (Lipinski definition) is 2. The minimum atomic E-state index is 0.682. The van der Waals surface area contributed by atoms with Crippen LogP contribution in [-0.2, 0) is 0 Å². The Labute approximate surface area is 123 Å². The zero-order valence-corrected chi connectivity index (χ0v) is 13.4. The second-order valence-corrected chi connectivity index (χ2v) is 7.11. The van der Waals surface area contributed by atoms with Gasteiger partial charge in [-0.25, -0.2) is 0 Å². The lowest BCUT2D eigenvalue weighted by Crippen LogP contribution is -2.32. The van der Waals surface area contributed by atoms with Crippen LogP contribution in [-0.4, -0.2) is 18.3 Å². The van der Waals surface area contributed by atoms with Gasteiger partial charge in [0.15, 0.2) is 0 Å². The zero-order valence-electron chi connectivity index (χ0n) is 11.0. The second kappa shape index (κ2) is 7.56. The Morgan fingerprint density at radius 1 is 1.44 bits per heavy atom. The van der Waals surface area contributed by atoms with Gasteiger partial charge in [-0.05, 0) is 43.5 Å². The van der Waals surface area contributed by atoms with Crippen molar-refractivity contribution < 1.29 is 0 Å². The van der Waals surface area contributed by atoms with Gasteiger partial charge in [0.25, 0.3) is 0 Å². The monoisotopic (exact) mass is 327 g/mol. The van der Waals surface area contributed by atoms with Crippen LogP contribution in [0.5, 0.6) is 0 Å². The van der Waals surface area contributed by atoms with Crippen molar-refractivity contribution in [2.24, 2.45) is 5.92 Å². The zero-order chi connectivity index (χ0) is 12.8. The third kappa shape index (κ3) is 5.33. The molecule has 0 bridgehead atoms. The highest BCUT2D eigenvalue weighted by molar-refractivity contribution is 9.10. The van der Waals surface area contributed by atoms with E-state index in [1.165, 1.54) is 40.8 Å². The molecule has 1 fully saturated rings. The maximum absolute atomic E-state index is 3.69. The van der Waals surface area contributed by atoms with E-state index in [0.717, 1.165) is 12.5 Å². The molecule has 3 heteroatoms. The molecule has 2 rings (SSSR count). The Morgan fingerprint density at radius 2 is 2.28 bits per heavy atom. The smallest absolute Gasteiger partial charge is 0.0186 e. The van der Waals surface area contributed by atoms with Crippen molar-refractivity contribution in [2.75, 3.05) is 12.3 Å². The van der Waals surface area contributed by atoms with Crippen LogP contribution in [0, 0.1) is 5.92 Å². The Hall–Kier alpha value is 0.01000. The van der Waals surface area contributed by atoms with Crippen LogP contribution in [0.3, 0.4) is 0 Å². The molecule has 0 saturated heterocycles. The summed E-state index contributed by atoms with van der Waals surface area (Å²) in [6.07, 6.45) is 5.49. The summed E-state index contributed by atoms with van der Waals surface area (Å²) >= 11 is 5.50. The first-order valence-electron chi connectivity index (χ1n) is 6.89. The van der Waals surface area contributed by atoms with Crippen LogP contribution in [0.1, 0.15) is 32.6 Å². The Balaban J connectivity index is 1.79. The molecule has 100 valence electrons. The van der Waals surface area contributed by atoms with Crippen molar-refractivity contribution in [3.8, 4) is 0 Å². The van der Waals surface area contributed by atoms with Crippen molar-refractivity contribution in [3.05, 3.63) is 28.7 Å². The average Bonchev–Trinajstić information content (AvgIpc) is 3.17. The van der Waals surface area contributed by atoms with E-state index >= 15 is 0 Å². The molecule has 0 aromatic heterocycles. The van der Waals surface area contributed by atoms with Gasteiger partial charge in [0.1, 0.15) is 0 Å². The molecule has 1 aromatic carbocycles. The van der Waals surface area contributed by atoms with Crippen LogP contribution >= 0.6 is 27.7 Å². The highest BCUT2D eigenvalue weighted by Crippen LogP contribution is 2.34. The normalized spacial score (nSPS) is 16.8. The number of nitrogens with one attached hydrogen (secondary N) is 1. The molecule has 1 nitrogen and oxygen atoms in total. The van der Waals surface area contributed by atoms with E-state index in [1.807, 2.05) is 11.8 Å². The first-order valence-corrected chi connectivity index (χ1v) is 8.67. The van der Waals surface area contributed by atoms with Gasteiger partial charge in [-0.15, -0.1) is 11.8 Å². The summed E-state index contributed by atoms with van der Waals surface area (Å²) in [5.74, 6) is 2.19. The number of thioether (sulfide) groups is 1. The van der Waals surface area contributed by atoms with Crippen molar-refractivity contribution in [1.29, 1.82) is 0 Å². The van der Waals surface area contributed by atoms with E-state index in [2.05, 4.69) is 52.4 Å². The highest BCUT2D eigenvalue weighted by Gasteiger charge is 2.25. The standard InChI is InChI=1S/C15H22BrNS/c1-2-8-17-14(9-12-6-7-12)11-18-15-5-3-4-13(16)10-15/h3-5,10,12,14,17H,2,6-9,11H2,1H3. The summed E-state index contributed by atoms with van der Waals surface area (Å²) in [4.78, 5) is 1.36. The van der Waals surface area contributed by atoms with Crippen molar-refractivity contribution in [1.82, 2.24) is 5.32 Å². The van der Waals surface area contributed by atoms with Gasteiger partial charge in [-0.1, -0.05) is 41.8 Å². The van der Waals surface area contributed by atoms with Gasteiger partial charge in [-0.2, -0.15) is 0 Å². The first-order chi connectivity index (χ1) is 8.78. The number of benzene rings is 1. The fourth-order valence-electron chi connectivity index (χ4n) is 2.07. The van der Waals surface area contributed by atoms with E-state index < -0.39 is 0 Å². The van der Waals surface area contributed by atoms with E-state index in [1.54, 1.807) is 0 Å². The third-order valence-electron chi connectivity index (χ3n) is 3.25. The largest absolute Gasteiger partial charge is 0.313 e. The van der Waals surface area contributed by atoms with Gasteiger partial charge in [0.05, 0.1) is 0 Å². The maximum Gasteiger partial charge on any atom is 0.0186 e. The lowest BCUT2D eigenvalue weighted by molar-refractivity contribution is 0.494. The molecule has 1 atom stereocenters. The average molecular weight is 328 g/mol. The molecule has 0 aliphatic heterocycles. The van der Waals surface area contributed by atoms with Crippen LogP contribution in [0.4, 0.5) is 0 Å². The lowest BCUT2D eigenvalue weighted by Gasteiger charge is -2.18. The lowest BCUT2D eigenvalue weighted by atomic mass is 10.1. The Morgan fingerprint density at radius 3 is 2.94 bits per heavy atom. The first kappa shape index (κ1) is 14.4. The molecule has 1 aromatic rings. The second-order valence-electron chi connectivity index (χ2n) is 5.10. The van der Waals surface area contributed by atoms with E-state index in [9.17, 15) is 0 Å². The SMILES string of the molecule is CCCNC(CSc1cccc(Br)c1)CC1CC1. The molecule has 1 unspecified atom stereocenters. The maximum atomic E-state index is 3.69. The summed E-state index contributed by atoms with van der Waals surface area (Å²) in [7, 11) is 0. The molecule has 1 aliphatic carbocycles. The minimum Gasteiger partial charge on any atom is -0.313 e. The van der Waals surface area contributed by atoms with Crippen LogP contribution in [0.25, 0.3) is 0 Å². The van der Waals surface area contributed by atoms with Gasteiger partial charge < -0.3 is 5.32 Å². The molecule has 0 radical (unpaired) electrons. The van der Waals surface area contributed by atoms with E-state index in [-0.39, 0.29) is 0 Å². The predicted octanol–water partition coefficient (Wildman–Crippen LogP) is 4.71. The fraction of sp³-hybridized carbons (Fsp3) is 0.600. The molecule has 0 spiro atoms. The number of hydrogen-bond donors (Lipinski definition) is 1. The summed E-state index contributed by atoms with van der Waals surface area (Å²) in [5.41, 5.74) is 0. The van der Waals surface area contributed by atoms with Gasteiger partial charge in [0.2, 0.25) is 0 Å². The quantitative estimate of drug-likeness (QED) is 0.694. The molecular weight excluding hydrogens is 306 g/mol. The Bertz CT molecular complexity index is 365. The van der Waals surface area contributed by atoms with E-state index in [4.69, 9.17) is 0 Å². The van der Waals surface area contributed by atoms with Crippen LogP contribution in [0.2, 0.25) is 0 Å². The summed E-state index contributed by atoms with van der Waals surface area (Å²) < 4.78 is 1.17. The molecule has 0 heterocycles.